The van der Waals surface area contributed by atoms with Gasteiger partial charge >= 0.3 is 0 Å². The zero-order chi connectivity index (χ0) is 42.1. The van der Waals surface area contributed by atoms with Crippen molar-refractivity contribution in [1.82, 2.24) is 13.7 Å². The zero-order valence-electron chi connectivity index (χ0n) is 35.6. The van der Waals surface area contributed by atoms with Gasteiger partial charge in [0.2, 0.25) is 0 Å². The van der Waals surface area contributed by atoms with E-state index in [2.05, 4.69) is 217 Å². The molecule has 0 fully saturated rings. The maximum absolute atomic E-state index is 2.58. The van der Waals surface area contributed by atoms with Crippen LogP contribution >= 0.6 is 23.5 Å². The highest BCUT2D eigenvalue weighted by atomic mass is 32.2. The van der Waals surface area contributed by atoms with Crippen LogP contribution in [0.1, 0.15) is 49.6 Å². The van der Waals surface area contributed by atoms with Gasteiger partial charge in [0, 0.05) is 80.2 Å². The van der Waals surface area contributed by atoms with Gasteiger partial charge in [-0.3, -0.25) is 0 Å². The lowest BCUT2D eigenvalue weighted by Crippen LogP contribution is -2.15. The van der Waals surface area contributed by atoms with Gasteiger partial charge < -0.3 is 13.7 Å². The van der Waals surface area contributed by atoms with Gasteiger partial charge in [0.25, 0.3) is 0 Å². The molecule has 0 amide bonds. The zero-order valence-corrected chi connectivity index (χ0v) is 37.2. The first-order valence-corrected chi connectivity index (χ1v) is 23.6. The molecule has 3 aromatic heterocycles. The Morgan fingerprint density at radius 1 is 0.476 bits per heavy atom. The summed E-state index contributed by atoms with van der Waals surface area (Å²) in [5.74, 6) is 0. The lowest BCUT2D eigenvalue weighted by molar-refractivity contribution is 0.658. The lowest BCUT2D eigenvalue weighted by Gasteiger charge is -2.24. The monoisotopic (exact) mass is 845 g/mol. The number of allylic oxidation sites excluding steroid dienone is 1. The van der Waals surface area contributed by atoms with E-state index in [1.807, 2.05) is 23.5 Å². The Morgan fingerprint density at radius 3 is 1.68 bits per heavy atom. The highest BCUT2D eigenvalue weighted by molar-refractivity contribution is 8.05. The molecular weight excluding hydrogens is 803 g/mol. The lowest BCUT2D eigenvalue weighted by atomic mass is 9.82. The number of fused-ring (bicyclic) bond motifs is 13. The van der Waals surface area contributed by atoms with Crippen LogP contribution in [-0.4, -0.2) is 13.7 Å². The molecule has 0 N–H and O–H groups in total. The van der Waals surface area contributed by atoms with E-state index < -0.39 is 0 Å². The van der Waals surface area contributed by atoms with Gasteiger partial charge in [-0.05, 0) is 127 Å². The number of aromatic nitrogens is 3. The Kier molecular flexibility index (Phi) is 8.02. The fraction of sp³-hybridized carbons (Fsp3) is 0.103. The van der Waals surface area contributed by atoms with E-state index in [1.165, 1.54) is 119 Å². The molecule has 1 aliphatic carbocycles. The van der Waals surface area contributed by atoms with Crippen LogP contribution < -0.4 is 0 Å². The van der Waals surface area contributed by atoms with Crippen LogP contribution in [0.15, 0.2) is 189 Å². The minimum Gasteiger partial charge on any atom is -0.309 e. The van der Waals surface area contributed by atoms with Gasteiger partial charge in [-0.25, -0.2) is 0 Å². The SMILES string of the molecule is CC/C=C\c1c(C)c2ccc3c(c2n1-c1ccc2c(c1)c1ccccc1n2-c1ccc2c(c1)c1ccccc1n2-c1ccccc1)-c1cc2c(cc1C3(C)C)Sc1ccccc1S2. The van der Waals surface area contributed by atoms with Crippen LogP contribution in [-0.2, 0) is 5.41 Å². The minimum atomic E-state index is -0.148. The molecule has 13 rings (SSSR count). The van der Waals surface area contributed by atoms with Crippen molar-refractivity contribution in [2.45, 2.75) is 59.1 Å². The van der Waals surface area contributed by atoms with E-state index >= 15 is 0 Å². The van der Waals surface area contributed by atoms with Crippen molar-refractivity contribution in [3.8, 4) is 28.2 Å². The Morgan fingerprint density at radius 2 is 1.03 bits per heavy atom. The summed E-state index contributed by atoms with van der Waals surface area (Å²) in [6.45, 7) is 9.37. The van der Waals surface area contributed by atoms with E-state index in [0.29, 0.717) is 0 Å². The highest BCUT2D eigenvalue weighted by Gasteiger charge is 2.39. The topological polar surface area (TPSA) is 14.8 Å². The molecule has 1 aliphatic heterocycles. The van der Waals surface area contributed by atoms with Gasteiger partial charge in [-0.2, -0.15) is 0 Å². The van der Waals surface area contributed by atoms with Gasteiger partial charge in [0.05, 0.1) is 27.6 Å². The summed E-state index contributed by atoms with van der Waals surface area (Å²) in [6.07, 6.45) is 5.64. The number of hydrogen-bond donors (Lipinski definition) is 0. The summed E-state index contributed by atoms with van der Waals surface area (Å²) >= 11 is 3.82. The van der Waals surface area contributed by atoms with Crippen molar-refractivity contribution in [3.05, 3.63) is 192 Å². The summed E-state index contributed by atoms with van der Waals surface area (Å²) in [5, 5.41) is 6.30. The molecule has 8 aromatic carbocycles. The van der Waals surface area contributed by atoms with E-state index in [-0.39, 0.29) is 5.41 Å². The molecule has 0 radical (unpaired) electrons. The number of hydrogen-bond acceptors (Lipinski definition) is 2. The second-order valence-electron chi connectivity index (χ2n) is 17.6. The Balaban J connectivity index is 1.04. The predicted octanol–water partition coefficient (Wildman–Crippen LogP) is 16.5. The first-order chi connectivity index (χ1) is 30.9. The smallest absolute Gasteiger partial charge is 0.0619 e. The Bertz CT molecular complexity index is 3760. The van der Waals surface area contributed by atoms with Crippen molar-refractivity contribution in [2.24, 2.45) is 0 Å². The van der Waals surface area contributed by atoms with Crippen molar-refractivity contribution in [2.75, 3.05) is 0 Å². The average Bonchev–Trinajstić information content (AvgIpc) is 3.99. The molecular formula is C58H43N3S2. The molecule has 0 bridgehead atoms. The van der Waals surface area contributed by atoms with E-state index in [0.717, 1.165) is 12.1 Å². The summed E-state index contributed by atoms with van der Waals surface area (Å²) in [4.78, 5) is 5.38. The summed E-state index contributed by atoms with van der Waals surface area (Å²) in [6, 6.07) is 61.2. The number of aryl methyl sites for hydroxylation is 1. The fourth-order valence-corrected chi connectivity index (χ4v) is 13.1. The van der Waals surface area contributed by atoms with Gasteiger partial charge in [0.1, 0.15) is 0 Å². The van der Waals surface area contributed by atoms with Gasteiger partial charge in [0.15, 0.2) is 0 Å². The number of para-hydroxylation sites is 3. The molecule has 0 unspecified atom stereocenters. The van der Waals surface area contributed by atoms with Crippen LogP contribution in [0.25, 0.3) is 88.8 Å². The third-order valence-corrected chi connectivity index (χ3v) is 16.3. The minimum absolute atomic E-state index is 0.148. The molecule has 0 atom stereocenters. The summed E-state index contributed by atoms with van der Waals surface area (Å²) in [7, 11) is 0. The number of benzene rings is 8. The Labute approximate surface area is 375 Å². The molecule has 0 saturated carbocycles. The molecule has 2 aliphatic rings. The average molecular weight is 846 g/mol. The third kappa shape index (κ3) is 5.24. The second-order valence-corrected chi connectivity index (χ2v) is 19.8. The molecule has 4 heterocycles. The largest absolute Gasteiger partial charge is 0.309 e. The summed E-state index contributed by atoms with van der Waals surface area (Å²) in [5.41, 5.74) is 17.6. The first kappa shape index (κ1) is 36.9. The molecule has 0 saturated heterocycles. The fourth-order valence-electron chi connectivity index (χ4n) is 10.8. The van der Waals surface area contributed by atoms with Crippen molar-refractivity contribution in [1.29, 1.82) is 0 Å². The van der Waals surface area contributed by atoms with Gasteiger partial charge in [-0.1, -0.05) is 129 Å². The first-order valence-electron chi connectivity index (χ1n) is 22.0. The van der Waals surface area contributed by atoms with Crippen LogP contribution in [0.2, 0.25) is 0 Å². The second kappa shape index (κ2) is 13.7. The molecule has 3 nitrogen and oxygen atoms in total. The van der Waals surface area contributed by atoms with Crippen molar-refractivity contribution >= 4 is 84.1 Å². The predicted molar refractivity (Wildman–Crippen MR) is 268 cm³/mol. The maximum atomic E-state index is 2.58. The molecule has 11 aromatic rings. The van der Waals surface area contributed by atoms with E-state index in [1.54, 1.807) is 0 Å². The molecule has 5 heteroatoms. The number of nitrogens with zero attached hydrogens (tertiary/aromatic N) is 3. The summed E-state index contributed by atoms with van der Waals surface area (Å²) < 4.78 is 7.43. The molecule has 0 spiro atoms. The van der Waals surface area contributed by atoms with E-state index in [9.17, 15) is 0 Å². The quantitative estimate of drug-likeness (QED) is 0.171. The third-order valence-electron chi connectivity index (χ3n) is 13.8. The highest BCUT2D eigenvalue weighted by Crippen LogP contribution is 2.57. The van der Waals surface area contributed by atoms with Crippen LogP contribution in [0, 0.1) is 6.92 Å². The van der Waals surface area contributed by atoms with Crippen LogP contribution in [0.5, 0.6) is 0 Å². The Hall–Kier alpha value is -6.66. The maximum Gasteiger partial charge on any atom is 0.0619 e. The van der Waals surface area contributed by atoms with Crippen molar-refractivity contribution in [3.63, 3.8) is 0 Å². The van der Waals surface area contributed by atoms with E-state index in [4.69, 9.17) is 0 Å². The molecule has 302 valence electrons. The van der Waals surface area contributed by atoms with Gasteiger partial charge in [-0.15, -0.1) is 0 Å². The number of rotatable bonds is 5. The van der Waals surface area contributed by atoms with Crippen molar-refractivity contribution < 1.29 is 0 Å². The van der Waals surface area contributed by atoms with Crippen LogP contribution in [0.3, 0.4) is 0 Å². The normalized spacial score (nSPS) is 14.0. The standard InChI is InChI=1S/C58H43N3S2/c1-5-6-20-47-35(2)39-27-28-45-56(44-33-54-55(34-46(44)58(45,3)4)63-53-24-15-14-23-52(53)62-54)57(39)61(47)38-26-30-51-43(32-38)41-19-11-13-22-49(41)60(51)37-25-29-50-42(31-37)40-18-10-12-21-48(40)59(50)36-16-8-7-9-17-36/h6-34H,5H2,1-4H3/b20-6-. The molecule has 63 heavy (non-hydrogen) atoms. The van der Waals surface area contributed by atoms with Crippen LogP contribution in [0.4, 0.5) is 0 Å².